The van der Waals surface area contributed by atoms with Gasteiger partial charge < -0.3 is 10.8 Å². The molecule has 0 bridgehead atoms. The molecule has 11 heavy (non-hydrogen) atoms. The molecule has 0 aliphatic carbocycles. The molecule has 0 amide bonds. The highest BCUT2D eigenvalue weighted by Gasteiger charge is 2.11. The number of hydrogen-bond acceptors (Lipinski definition) is 5. The third kappa shape index (κ3) is 6.21. The highest BCUT2D eigenvalue weighted by molar-refractivity contribution is 8.82. The van der Waals surface area contributed by atoms with Gasteiger partial charge in [-0.15, -0.1) is 0 Å². The Balaban J connectivity index is 3.39. The summed E-state index contributed by atoms with van der Waals surface area (Å²) in [6.45, 7) is 1.42. The van der Waals surface area contributed by atoms with Crippen molar-refractivity contribution in [3.63, 3.8) is 0 Å². The van der Waals surface area contributed by atoms with Gasteiger partial charge in [0.2, 0.25) is 0 Å². The summed E-state index contributed by atoms with van der Waals surface area (Å²) >= 11 is 0. The Kier molecular flexibility index (Phi) is 5.35. The lowest BCUT2D eigenvalue weighted by Gasteiger charge is -2.02. The van der Waals surface area contributed by atoms with E-state index in [9.17, 15) is 9.59 Å². The van der Waals surface area contributed by atoms with E-state index in [-0.39, 0.29) is 10.9 Å². The standard InChI is InChI=1S/C5H9NO3S2/c1-3(7)11-10-2-4(6)5(8)9/h4H,2,6H2,1H3,(H,8,9). The lowest BCUT2D eigenvalue weighted by atomic mass is 10.4. The van der Waals surface area contributed by atoms with Gasteiger partial charge in [0.05, 0.1) is 0 Å². The van der Waals surface area contributed by atoms with Gasteiger partial charge in [-0.1, -0.05) is 10.8 Å². The van der Waals surface area contributed by atoms with Gasteiger partial charge in [-0.05, 0) is 10.8 Å². The van der Waals surface area contributed by atoms with Crippen molar-refractivity contribution in [2.75, 3.05) is 5.75 Å². The quantitative estimate of drug-likeness (QED) is 0.629. The van der Waals surface area contributed by atoms with Crippen LogP contribution in [0.1, 0.15) is 6.92 Å². The maximum atomic E-state index is 10.3. The zero-order valence-corrected chi connectivity index (χ0v) is 7.58. The van der Waals surface area contributed by atoms with Gasteiger partial charge in [0.1, 0.15) is 6.04 Å². The maximum Gasteiger partial charge on any atom is 0.321 e. The number of aliphatic carboxylic acids is 1. The summed E-state index contributed by atoms with van der Waals surface area (Å²) in [6.07, 6.45) is 0. The molecule has 0 heterocycles. The van der Waals surface area contributed by atoms with Crippen molar-refractivity contribution in [3.8, 4) is 0 Å². The molecule has 4 nitrogen and oxygen atoms in total. The number of rotatable bonds is 4. The van der Waals surface area contributed by atoms with Crippen LogP contribution in [0.4, 0.5) is 0 Å². The van der Waals surface area contributed by atoms with E-state index < -0.39 is 12.0 Å². The van der Waals surface area contributed by atoms with E-state index in [0.29, 0.717) is 0 Å². The first kappa shape index (κ1) is 10.8. The number of hydrogen-bond donors (Lipinski definition) is 2. The molecule has 0 aliphatic heterocycles. The van der Waals surface area contributed by atoms with Gasteiger partial charge in [0, 0.05) is 12.7 Å². The van der Waals surface area contributed by atoms with Gasteiger partial charge in [-0.2, -0.15) is 0 Å². The van der Waals surface area contributed by atoms with E-state index in [4.69, 9.17) is 10.8 Å². The van der Waals surface area contributed by atoms with Gasteiger partial charge in [0.15, 0.2) is 5.12 Å². The van der Waals surface area contributed by atoms with Crippen LogP contribution in [-0.4, -0.2) is 28.0 Å². The van der Waals surface area contributed by atoms with Crippen LogP contribution in [0.2, 0.25) is 0 Å². The summed E-state index contributed by atoms with van der Waals surface area (Å²) in [5.41, 5.74) is 5.16. The minimum Gasteiger partial charge on any atom is -0.480 e. The average Bonchev–Trinajstić information content (AvgIpc) is 1.86. The van der Waals surface area contributed by atoms with Crippen LogP contribution in [-0.2, 0) is 9.59 Å². The van der Waals surface area contributed by atoms with Gasteiger partial charge in [0.25, 0.3) is 0 Å². The van der Waals surface area contributed by atoms with Crippen molar-refractivity contribution in [2.24, 2.45) is 5.73 Å². The first-order chi connectivity index (χ1) is 5.04. The molecule has 3 N–H and O–H groups in total. The summed E-state index contributed by atoms with van der Waals surface area (Å²) in [5.74, 6) is -0.791. The summed E-state index contributed by atoms with van der Waals surface area (Å²) < 4.78 is 0. The molecule has 0 aromatic rings. The van der Waals surface area contributed by atoms with E-state index in [2.05, 4.69) is 0 Å². The lowest BCUT2D eigenvalue weighted by molar-refractivity contribution is -0.137. The fourth-order valence-electron chi connectivity index (χ4n) is 0.262. The van der Waals surface area contributed by atoms with Crippen LogP contribution in [0.5, 0.6) is 0 Å². The molecule has 0 radical (unpaired) electrons. The summed E-state index contributed by atoms with van der Waals surface area (Å²) in [4.78, 5) is 20.5. The third-order valence-electron chi connectivity index (χ3n) is 0.741. The molecule has 64 valence electrons. The molecule has 0 saturated carbocycles. The second-order valence-corrected chi connectivity index (χ2v) is 4.32. The molecule has 0 fully saturated rings. The van der Waals surface area contributed by atoms with Crippen molar-refractivity contribution in [1.29, 1.82) is 0 Å². The molecule has 6 heteroatoms. The Morgan fingerprint density at radius 3 is 2.55 bits per heavy atom. The molecule has 0 aromatic heterocycles. The molecular formula is C5H9NO3S2. The number of carboxylic acids is 1. The topological polar surface area (TPSA) is 80.4 Å². The maximum absolute atomic E-state index is 10.3. The van der Waals surface area contributed by atoms with Crippen LogP contribution in [0.3, 0.4) is 0 Å². The first-order valence-electron chi connectivity index (χ1n) is 2.82. The van der Waals surface area contributed by atoms with E-state index in [1.165, 1.54) is 6.92 Å². The Morgan fingerprint density at radius 2 is 2.18 bits per heavy atom. The fourth-order valence-corrected chi connectivity index (χ4v) is 1.93. The molecule has 0 rings (SSSR count). The van der Waals surface area contributed by atoms with Crippen molar-refractivity contribution < 1.29 is 14.7 Å². The Labute approximate surface area is 72.3 Å². The number of nitrogens with two attached hydrogens (primary N) is 1. The van der Waals surface area contributed by atoms with Crippen molar-refractivity contribution in [1.82, 2.24) is 0 Å². The fraction of sp³-hybridized carbons (Fsp3) is 0.600. The lowest BCUT2D eigenvalue weighted by Crippen LogP contribution is -2.32. The van der Waals surface area contributed by atoms with Crippen molar-refractivity contribution >= 4 is 32.7 Å². The third-order valence-corrected chi connectivity index (χ3v) is 3.05. The normalized spacial score (nSPS) is 12.5. The van der Waals surface area contributed by atoms with E-state index in [0.717, 1.165) is 21.6 Å². The predicted molar refractivity (Wildman–Crippen MR) is 46.3 cm³/mol. The Bertz CT molecular complexity index is 162. The van der Waals surface area contributed by atoms with Gasteiger partial charge >= 0.3 is 5.97 Å². The second-order valence-electron chi connectivity index (χ2n) is 1.80. The second kappa shape index (κ2) is 5.45. The van der Waals surface area contributed by atoms with Crippen molar-refractivity contribution in [3.05, 3.63) is 0 Å². The predicted octanol–water partition coefficient (Wildman–Crippen LogP) is 0.326. The zero-order valence-electron chi connectivity index (χ0n) is 5.94. The number of carbonyl (C=O) groups excluding carboxylic acids is 1. The summed E-state index contributed by atoms with van der Waals surface area (Å²) in [6, 6.07) is -0.883. The van der Waals surface area contributed by atoms with Crippen LogP contribution in [0.15, 0.2) is 0 Å². The number of carbonyl (C=O) groups is 2. The molecule has 0 aromatic carbocycles. The number of carboxylic acid groups (broad SMARTS) is 1. The summed E-state index contributed by atoms with van der Waals surface area (Å²) in [5, 5.41) is 8.27. The van der Waals surface area contributed by atoms with Crippen LogP contribution < -0.4 is 5.73 Å². The first-order valence-corrected chi connectivity index (χ1v) is 5.14. The van der Waals surface area contributed by atoms with E-state index in [1.807, 2.05) is 0 Å². The molecule has 0 aliphatic rings. The van der Waals surface area contributed by atoms with Crippen LogP contribution in [0, 0.1) is 0 Å². The average molecular weight is 195 g/mol. The summed E-state index contributed by atoms with van der Waals surface area (Å²) in [7, 11) is 2.17. The highest BCUT2D eigenvalue weighted by atomic mass is 33.1. The molecule has 1 atom stereocenters. The zero-order chi connectivity index (χ0) is 8.85. The SMILES string of the molecule is CC(=O)SSCC(N)C(=O)O. The van der Waals surface area contributed by atoms with E-state index >= 15 is 0 Å². The van der Waals surface area contributed by atoms with Crippen LogP contribution in [0.25, 0.3) is 0 Å². The van der Waals surface area contributed by atoms with Gasteiger partial charge in [-0.25, -0.2) is 0 Å². The Morgan fingerprint density at radius 1 is 1.64 bits per heavy atom. The monoisotopic (exact) mass is 195 g/mol. The van der Waals surface area contributed by atoms with Crippen molar-refractivity contribution in [2.45, 2.75) is 13.0 Å². The largest absolute Gasteiger partial charge is 0.480 e. The van der Waals surface area contributed by atoms with Gasteiger partial charge in [-0.3, -0.25) is 9.59 Å². The van der Waals surface area contributed by atoms with E-state index in [1.54, 1.807) is 0 Å². The molecule has 0 saturated heterocycles. The highest BCUT2D eigenvalue weighted by Crippen LogP contribution is 2.21. The smallest absolute Gasteiger partial charge is 0.321 e. The Hall–Kier alpha value is -0.200. The molecular weight excluding hydrogens is 186 g/mol. The minimum atomic E-state index is -1.04. The van der Waals surface area contributed by atoms with Crippen LogP contribution >= 0.6 is 21.6 Å². The molecule has 0 spiro atoms. The minimum absolute atomic E-state index is 0.0485. The molecule has 1 unspecified atom stereocenters.